The second-order valence-electron chi connectivity index (χ2n) is 8.39. The smallest absolute Gasteiger partial charge is 0.273 e. The molecule has 2 aromatic carbocycles. The number of benzene rings is 2. The number of anilines is 2. The first-order valence-electron chi connectivity index (χ1n) is 11.5. The van der Waals surface area contributed by atoms with Crippen molar-refractivity contribution >= 4 is 11.4 Å². The summed E-state index contributed by atoms with van der Waals surface area (Å²) < 4.78 is 40.0. The van der Waals surface area contributed by atoms with Crippen LogP contribution < -0.4 is 15.0 Å². The molecule has 1 saturated heterocycles. The molecule has 1 fully saturated rings. The minimum absolute atomic E-state index is 0.108. The molecule has 0 radical (unpaired) electrons. The maximum Gasteiger partial charge on any atom is 0.273 e. The van der Waals surface area contributed by atoms with E-state index in [1.807, 2.05) is 6.07 Å². The normalized spacial score (nSPS) is 15.2. The molecule has 0 saturated carbocycles. The lowest BCUT2D eigenvalue weighted by atomic mass is 10.1. The van der Waals surface area contributed by atoms with Crippen molar-refractivity contribution in [2.45, 2.75) is 32.4 Å². The third kappa shape index (κ3) is 5.03. The van der Waals surface area contributed by atoms with E-state index in [-0.39, 0.29) is 23.5 Å². The van der Waals surface area contributed by atoms with Gasteiger partial charge < -0.3 is 30.0 Å². The van der Waals surface area contributed by atoms with E-state index in [9.17, 15) is 19.1 Å². The van der Waals surface area contributed by atoms with Crippen molar-refractivity contribution in [2.75, 3.05) is 43.6 Å². The third-order valence-corrected chi connectivity index (χ3v) is 6.15. The lowest BCUT2D eigenvalue weighted by Gasteiger charge is -2.30. The number of hydrogen-bond acceptors (Lipinski definition) is 7. The molecule has 0 bridgehead atoms. The number of imidazole rings is 1. The predicted octanol–water partition coefficient (Wildman–Crippen LogP) is 4.55. The van der Waals surface area contributed by atoms with Gasteiger partial charge in [-0.2, -0.15) is 4.73 Å². The van der Waals surface area contributed by atoms with Gasteiger partial charge in [-0.25, -0.2) is 13.8 Å². The van der Waals surface area contributed by atoms with E-state index >= 15 is 0 Å². The van der Waals surface area contributed by atoms with Crippen LogP contribution in [0.4, 0.5) is 20.2 Å². The molecule has 1 atom stereocenters. The largest absolute Gasteiger partial charge is 0.495 e. The summed E-state index contributed by atoms with van der Waals surface area (Å²) in [6.45, 7) is 5.69. The van der Waals surface area contributed by atoms with Crippen LogP contribution in [0.15, 0.2) is 42.5 Å². The number of aliphatic hydroxyl groups excluding tert-OH is 1. The molecule has 1 aliphatic rings. The first-order valence-corrected chi connectivity index (χ1v) is 11.5. The van der Waals surface area contributed by atoms with Gasteiger partial charge in [0.2, 0.25) is 0 Å². The van der Waals surface area contributed by atoms with Gasteiger partial charge in [-0.3, -0.25) is 0 Å². The molecule has 0 aliphatic carbocycles. The Kier molecular flexibility index (Phi) is 7.13. The van der Waals surface area contributed by atoms with Crippen LogP contribution in [0.3, 0.4) is 0 Å². The first kappa shape index (κ1) is 24.7. The van der Waals surface area contributed by atoms with Crippen LogP contribution in [0.2, 0.25) is 0 Å². The van der Waals surface area contributed by atoms with Gasteiger partial charge in [0.25, 0.3) is 5.92 Å². The van der Waals surface area contributed by atoms with Gasteiger partial charge in [-0.15, -0.1) is 0 Å². The Morgan fingerprint density at radius 1 is 1.20 bits per heavy atom. The van der Waals surface area contributed by atoms with Crippen LogP contribution in [0, 0.1) is 6.92 Å². The van der Waals surface area contributed by atoms with Crippen molar-refractivity contribution in [3.63, 3.8) is 0 Å². The molecule has 188 valence electrons. The van der Waals surface area contributed by atoms with Gasteiger partial charge in [0.1, 0.15) is 11.4 Å². The third-order valence-electron chi connectivity index (χ3n) is 6.15. The topological polar surface area (TPSA) is 92.0 Å². The minimum Gasteiger partial charge on any atom is -0.495 e. The molecular weight excluding hydrogens is 458 g/mol. The molecule has 1 unspecified atom stereocenters. The number of aryl methyl sites for hydroxylation is 1. The zero-order valence-electron chi connectivity index (χ0n) is 20.0. The van der Waals surface area contributed by atoms with Crippen molar-refractivity contribution in [2.24, 2.45) is 0 Å². The van der Waals surface area contributed by atoms with Crippen LogP contribution in [0.5, 0.6) is 5.75 Å². The lowest BCUT2D eigenvalue weighted by molar-refractivity contribution is -0.00826. The maximum atomic E-state index is 14.1. The molecule has 8 nitrogen and oxygen atoms in total. The zero-order valence-corrected chi connectivity index (χ0v) is 20.0. The number of nitrogens with one attached hydrogen (secondary N) is 1. The number of hydrogen-bond donors (Lipinski definition) is 3. The molecule has 3 N–H and O–H groups in total. The summed E-state index contributed by atoms with van der Waals surface area (Å²) in [6, 6.07) is 11.2. The molecule has 10 heteroatoms. The van der Waals surface area contributed by atoms with Gasteiger partial charge in [0.05, 0.1) is 31.7 Å². The molecule has 1 aromatic heterocycles. The second kappa shape index (κ2) is 10.1. The summed E-state index contributed by atoms with van der Waals surface area (Å²) in [5.74, 6) is -2.05. The summed E-state index contributed by atoms with van der Waals surface area (Å²) in [5.41, 5.74) is 2.12. The van der Waals surface area contributed by atoms with Crippen LogP contribution in [0.1, 0.15) is 36.5 Å². The number of morpholine rings is 1. The van der Waals surface area contributed by atoms with Gasteiger partial charge in [-0.05, 0) is 37.3 Å². The summed E-state index contributed by atoms with van der Waals surface area (Å²) >= 11 is 0. The summed E-state index contributed by atoms with van der Waals surface area (Å²) in [7, 11) is 1.60. The van der Waals surface area contributed by atoms with Crippen LogP contribution >= 0.6 is 0 Å². The Bertz CT molecular complexity index is 1180. The predicted molar refractivity (Wildman–Crippen MR) is 128 cm³/mol. The van der Waals surface area contributed by atoms with Crippen LogP contribution in [-0.2, 0) is 10.7 Å². The van der Waals surface area contributed by atoms with E-state index in [4.69, 9.17) is 9.47 Å². The Hall–Kier alpha value is -3.37. The number of rotatable bonds is 8. The molecule has 0 amide bonds. The van der Waals surface area contributed by atoms with E-state index in [1.54, 1.807) is 32.2 Å². The molecule has 4 rings (SSSR count). The van der Waals surface area contributed by atoms with Crippen LogP contribution in [0.25, 0.3) is 11.4 Å². The van der Waals surface area contributed by atoms with Gasteiger partial charge >= 0.3 is 0 Å². The summed E-state index contributed by atoms with van der Waals surface area (Å²) in [5, 5.41) is 24.5. The highest BCUT2D eigenvalue weighted by Crippen LogP contribution is 2.36. The number of aliphatic hydroxyl groups is 1. The highest BCUT2D eigenvalue weighted by atomic mass is 19.3. The lowest BCUT2D eigenvalue weighted by Crippen LogP contribution is -2.36. The van der Waals surface area contributed by atoms with E-state index in [0.29, 0.717) is 49.0 Å². The number of aromatic nitrogens is 2. The second-order valence-corrected chi connectivity index (χ2v) is 8.39. The Labute approximate surface area is 202 Å². The molecular formula is C25H30F2N4O4. The maximum absolute atomic E-state index is 14.1. The van der Waals surface area contributed by atoms with Crippen molar-refractivity contribution in [1.29, 1.82) is 0 Å². The fraction of sp³-hybridized carbons (Fsp3) is 0.400. The summed E-state index contributed by atoms with van der Waals surface area (Å²) in [6.07, 6.45) is -1.72. The van der Waals surface area contributed by atoms with E-state index in [0.717, 1.165) is 10.4 Å². The van der Waals surface area contributed by atoms with E-state index < -0.39 is 12.2 Å². The van der Waals surface area contributed by atoms with Gasteiger partial charge in [0, 0.05) is 36.3 Å². The van der Waals surface area contributed by atoms with Gasteiger partial charge in [0.15, 0.2) is 12.1 Å². The molecule has 3 aromatic rings. The average molecular weight is 489 g/mol. The molecule has 2 heterocycles. The van der Waals surface area contributed by atoms with Crippen molar-refractivity contribution < 1.29 is 28.6 Å². The fourth-order valence-electron chi connectivity index (χ4n) is 4.18. The molecule has 0 spiro atoms. The van der Waals surface area contributed by atoms with E-state index in [1.165, 1.54) is 25.1 Å². The number of nitrogens with zero attached hydrogens (tertiary/aromatic N) is 3. The minimum atomic E-state index is -2.98. The Morgan fingerprint density at radius 2 is 1.94 bits per heavy atom. The fourth-order valence-corrected chi connectivity index (χ4v) is 4.18. The van der Waals surface area contributed by atoms with Crippen LogP contribution in [-0.4, -0.2) is 53.4 Å². The number of alkyl halides is 2. The summed E-state index contributed by atoms with van der Waals surface area (Å²) in [4.78, 5) is 6.60. The molecule has 1 aliphatic heterocycles. The number of ether oxygens (including phenoxy) is 2. The average Bonchev–Trinajstić information content (AvgIpc) is 3.18. The number of methoxy groups -OCH3 is 1. The zero-order chi connectivity index (χ0) is 25.2. The molecule has 35 heavy (non-hydrogen) atoms. The van der Waals surface area contributed by atoms with Crippen molar-refractivity contribution in [3.05, 3.63) is 59.4 Å². The Balaban J connectivity index is 1.63. The van der Waals surface area contributed by atoms with E-state index in [2.05, 4.69) is 15.2 Å². The standard InChI is InChI=1S/C25H30F2N4O4/c1-4-25(26,27)18-6-5-7-19(15-18)29-24(32)22-16(2)28-23(31(22)33)17-8-9-21(34-3)20(14-17)30-10-12-35-13-11-30/h5-9,14-15,24,29,32-33H,4,10-13H2,1-3H3. The SMILES string of the molecule is CCC(F)(F)c1cccc(NC(O)c2c(C)nc(-c3ccc(OC)c(N4CCOCC4)c3)n2O)c1. The highest BCUT2D eigenvalue weighted by Gasteiger charge is 2.29. The van der Waals surface area contributed by atoms with Gasteiger partial charge in [-0.1, -0.05) is 19.1 Å². The monoisotopic (exact) mass is 488 g/mol. The Morgan fingerprint density at radius 3 is 2.63 bits per heavy atom. The first-order chi connectivity index (χ1) is 16.7. The number of halogens is 2. The van der Waals surface area contributed by atoms with Crippen molar-refractivity contribution in [3.8, 4) is 17.1 Å². The highest BCUT2D eigenvalue weighted by molar-refractivity contribution is 5.70. The van der Waals surface area contributed by atoms with Crippen molar-refractivity contribution in [1.82, 2.24) is 9.71 Å². The quantitative estimate of drug-likeness (QED) is 0.317.